The van der Waals surface area contributed by atoms with Crippen molar-refractivity contribution >= 4 is 46.8 Å². The molecule has 0 aliphatic carbocycles. The summed E-state index contributed by atoms with van der Waals surface area (Å²) < 4.78 is 45.2. The van der Waals surface area contributed by atoms with E-state index in [1.165, 1.54) is 31.4 Å². The van der Waals surface area contributed by atoms with Gasteiger partial charge in [-0.25, -0.2) is 27.0 Å². The van der Waals surface area contributed by atoms with E-state index in [0.29, 0.717) is 30.7 Å². The fourth-order valence-corrected chi connectivity index (χ4v) is 5.16. The number of hydrogen-bond donors (Lipinski definition) is 2. The van der Waals surface area contributed by atoms with E-state index in [0.717, 1.165) is 53.3 Å². The van der Waals surface area contributed by atoms with E-state index in [-0.39, 0.29) is 4.90 Å². The highest BCUT2D eigenvalue weighted by Gasteiger charge is 2.17. The van der Waals surface area contributed by atoms with Gasteiger partial charge >= 0.3 is 0 Å². The van der Waals surface area contributed by atoms with Crippen LogP contribution < -0.4 is 15.2 Å². The molecule has 12 heteroatoms. The molecule has 0 saturated carbocycles. The average molecular weight is 517 g/mol. The second-order valence-corrected chi connectivity index (χ2v) is 9.54. The lowest BCUT2D eigenvalue weighted by atomic mass is 10.1. The van der Waals surface area contributed by atoms with Gasteiger partial charge in [-0.2, -0.15) is 0 Å². The van der Waals surface area contributed by atoms with Crippen molar-refractivity contribution in [1.82, 2.24) is 18.2 Å². The predicted octanol–water partition coefficient (Wildman–Crippen LogP) is 4.83. The van der Waals surface area contributed by atoms with E-state index in [9.17, 15) is 8.78 Å². The summed E-state index contributed by atoms with van der Waals surface area (Å²) in [6, 6.07) is 11.1. The minimum Gasteiger partial charge on any atom is -0.480 e. The summed E-state index contributed by atoms with van der Waals surface area (Å²) in [5, 5.41) is 0. The molecule has 0 bridgehead atoms. The Morgan fingerprint density at radius 3 is 2.69 bits per heavy atom. The molecule has 0 spiro atoms. The molecule has 0 amide bonds. The van der Waals surface area contributed by atoms with Gasteiger partial charge in [0.05, 0.1) is 36.3 Å². The van der Waals surface area contributed by atoms with Gasteiger partial charge in [0, 0.05) is 43.1 Å². The van der Waals surface area contributed by atoms with Gasteiger partial charge in [0.15, 0.2) is 0 Å². The number of morpholine rings is 1. The third-order valence-electron chi connectivity index (χ3n) is 5.35. The minimum atomic E-state index is -0.653. The van der Waals surface area contributed by atoms with Crippen molar-refractivity contribution in [3.63, 3.8) is 0 Å². The molecule has 3 heterocycles. The highest BCUT2D eigenvalue weighted by molar-refractivity contribution is 8.00. The molecule has 1 fully saturated rings. The van der Waals surface area contributed by atoms with Crippen LogP contribution in [0, 0.1) is 11.6 Å². The Balaban J connectivity index is 1.44. The number of aromatic nitrogens is 3. The summed E-state index contributed by atoms with van der Waals surface area (Å²) in [7, 11) is 1.51. The smallest absolute Gasteiger partial charge is 0.237 e. The van der Waals surface area contributed by atoms with Crippen LogP contribution in [0.3, 0.4) is 0 Å². The maximum absolute atomic E-state index is 14.1. The fourth-order valence-electron chi connectivity index (χ4n) is 3.60. The molecular weight excluding hydrogens is 494 g/mol. The first kappa shape index (κ1) is 23.7. The number of pyridine rings is 1. The third-order valence-corrected chi connectivity index (χ3v) is 7.36. The lowest BCUT2D eigenvalue weighted by molar-refractivity contribution is 0.0771. The first-order valence-electron chi connectivity index (χ1n) is 10.7. The Morgan fingerprint density at radius 2 is 1.91 bits per heavy atom. The summed E-state index contributed by atoms with van der Waals surface area (Å²) in [4.78, 5) is 9.13. The summed E-state index contributed by atoms with van der Waals surface area (Å²) in [5.74, 6) is -0.515. The Morgan fingerprint density at radius 1 is 1.09 bits per heavy atom. The number of nitrogen functional groups attached to an aromatic ring is 1. The van der Waals surface area contributed by atoms with E-state index in [2.05, 4.69) is 19.0 Å². The number of anilines is 2. The van der Waals surface area contributed by atoms with Crippen molar-refractivity contribution in [2.45, 2.75) is 4.90 Å². The monoisotopic (exact) mass is 516 g/mol. The SMILES string of the molecule is COc1ncc(-c2ccc3nc(N)n(SN4CCOCC4)c3c2)cc1NSc1ccc(F)cc1F. The van der Waals surface area contributed by atoms with Crippen LogP contribution >= 0.6 is 24.1 Å². The normalized spacial score (nSPS) is 14.4. The number of nitrogens with one attached hydrogen (secondary N) is 1. The Bertz CT molecular complexity index is 1360. The highest BCUT2D eigenvalue weighted by Crippen LogP contribution is 2.35. The first-order valence-corrected chi connectivity index (χ1v) is 12.3. The number of methoxy groups -OCH3 is 1. The van der Waals surface area contributed by atoms with Crippen LogP contribution in [-0.4, -0.2) is 51.7 Å². The van der Waals surface area contributed by atoms with Gasteiger partial charge in [-0.15, -0.1) is 0 Å². The molecule has 1 aliphatic heterocycles. The number of fused-ring (bicyclic) bond motifs is 1. The largest absolute Gasteiger partial charge is 0.480 e. The number of hydrogen-bond acceptors (Lipinski definition) is 9. The van der Waals surface area contributed by atoms with E-state index in [4.69, 9.17) is 15.2 Å². The molecular formula is C23H22F2N6O2S2. The molecule has 4 aromatic rings. The quantitative estimate of drug-likeness (QED) is 0.335. The summed E-state index contributed by atoms with van der Waals surface area (Å²) >= 11 is 2.53. The zero-order valence-electron chi connectivity index (χ0n) is 18.7. The summed E-state index contributed by atoms with van der Waals surface area (Å²) in [6.45, 7) is 2.95. The van der Waals surface area contributed by atoms with Crippen LogP contribution in [0.5, 0.6) is 5.88 Å². The maximum atomic E-state index is 14.1. The van der Waals surface area contributed by atoms with Gasteiger partial charge in [0.1, 0.15) is 17.3 Å². The van der Waals surface area contributed by atoms with Crippen LogP contribution in [0.2, 0.25) is 0 Å². The third kappa shape index (κ3) is 5.15. The number of benzene rings is 2. The maximum Gasteiger partial charge on any atom is 0.237 e. The molecule has 0 unspecified atom stereocenters. The lowest BCUT2D eigenvalue weighted by Crippen LogP contribution is -2.32. The van der Waals surface area contributed by atoms with Gasteiger partial charge in [-0.1, -0.05) is 6.07 Å². The van der Waals surface area contributed by atoms with E-state index in [1.54, 1.807) is 6.20 Å². The zero-order chi connectivity index (χ0) is 24.4. The predicted molar refractivity (Wildman–Crippen MR) is 135 cm³/mol. The van der Waals surface area contributed by atoms with Crippen molar-refractivity contribution < 1.29 is 18.3 Å². The van der Waals surface area contributed by atoms with Crippen LogP contribution in [0.25, 0.3) is 22.2 Å². The molecule has 2 aromatic carbocycles. The molecule has 5 rings (SSSR count). The topological polar surface area (TPSA) is 90.5 Å². The van der Waals surface area contributed by atoms with E-state index < -0.39 is 11.6 Å². The van der Waals surface area contributed by atoms with E-state index in [1.807, 2.05) is 28.2 Å². The summed E-state index contributed by atoms with van der Waals surface area (Å²) in [5.41, 5.74) is 10.1. The molecule has 8 nitrogen and oxygen atoms in total. The lowest BCUT2D eigenvalue weighted by Gasteiger charge is -2.25. The van der Waals surface area contributed by atoms with Gasteiger partial charge in [-0.3, -0.25) is 0 Å². The fraction of sp³-hybridized carbons (Fsp3) is 0.217. The molecule has 1 aliphatic rings. The van der Waals surface area contributed by atoms with Crippen LogP contribution in [0.4, 0.5) is 20.4 Å². The molecule has 0 radical (unpaired) electrons. The number of halogens is 2. The first-order chi connectivity index (χ1) is 17.0. The van der Waals surface area contributed by atoms with Gasteiger partial charge in [0.2, 0.25) is 11.8 Å². The molecule has 35 heavy (non-hydrogen) atoms. The Labute approximate surface area is 209 Å². The molecule has 3 N–H and O–H groups in total. The summed E-state index contributed by atoms with van der Waals surface area (Å²) in [6.07, 6.45) is 1.70. The van der Waals surface area contributed by atoms with Crippen molar-refractivity contribution in [2.24, 2.45) is 0 Å². The average Bonchev–Trinajstić information content (AvgIpc) is 3.18. The number of ether oxygens (including phenoxy) is 2. The minimum absolute atomic E-state index is 0.250. The van der Waals surface area contributed by atoms with Gasteiger partial charge < -0.3 is 19.9 Å². The number of rotatable bonds is 7. The second-order valence-electron chi connectivity index (χ2n) is 7.65. The second kappa shape index (κ2) is 10.3. The molecule has 2 aromatic heterocycles. The number of nitrogens with two attached hydrogens (primary N) is 1. The van der Waals surface area contributed by atoms with Gasteiger partial charge in [0.25, 0.3) is 0 Å². The molecule has 1 saturated heterocycles. The van der Waals surface area contributed by atoms with Crippen molar-refractivity contribution in [3.05, 3.63) is 60.3 Å². The van der Waals surface area contributed by atoms with Gasteiger partial charge in [-0.05, 0) is 47.8 Å². The Hall–Kier alpha value is -3.06. The molecule has 0 atom stereocenters. The highest BCUT2D eigenvalue weighted by atomic mass is 32.2. The number of nitrogens with zero attached hydrogens (tertiary/aromatic N) is 4. The van der Waals surface area contributed by atoms with Crippen LogP contribution in [-0.2, 0) is 4.74 Å². The zero-order valence-corrected chi connectivity index (χ0v) is 20.3. The van der Waals surface area contributed by atoms with Crippen molar-refractivity contribution in [2.75, 3.05) is 43.9 Å². The number of imidazole rings is 1. The molecule has 182 valence electrons. The van der Waals surface area contributed by atoms with Crippen LogP contribution in [0.15, 0.2) is 53.6 Å². The van der Waals surface area contributed by atoms with Crippen molar-refractivity contribution in [1.29, 1.82) is 0 Å². The van der Waals surface area contributed by atoms with Crippen molar-refractivity contribution in [3.8, 4) is 17.0 Å². The van der Waals surface area contributed by atoms with Crippen LogP contribution in [0.1, 0.15) is 0 Å². The Kier molecular flexibility index (Phi) is 6.95. The van der Waals surface area contributed by atoms with E-state index >= 15 is 0 Å². The standard InChI is InChI=1S/C23H22F2N6O2S2/c1-32-22-19(29-34-21-5-3-16(24)12-17(21)25)10-15(13-27-22)14-2-4-18-20(11-14)31(23(26)28-18)35-30-6-8-33-9-7-30/h2-5,10-13,29H,6-9H2,1H3,(H2,26,28).